The summed E-state index contributed by atoms with van der Waals surface area (Å²) in [5, 5.41) is 10.9. The smallest absolute Gasteiger partial charge is 0.143 e. The maximum atomic E-state index is 5.34. The van der Waals surface area contributed by atoms with Crippen molar-refractivity contribution in [3.05, 3.63) is 30.6 Å². The number of aromatic nitrogens is 4. The molecule has 0 spiro atoms. The number of hydrogen-bond acceptors (Lipinski definition) is 5. The fraction of sp³-hybridized carbons (Fsp3) is 0.222. The summed E-state index contributed by atoms with van der Waals surface area (Å²) in [6.07, 6.45) is 1.54. The van der Waals surface area contributed by atoms with Crippen molar-refractivity contribution in [1.82, 2.24) is 20.2 Å². The lowest BCUT2D eigenvalue weighted by Crippen LogP contribution is -2.10. The Morgan fingerprint density at radius 2 is 2.07 bits per heavy atom. The molecule has 15 heavy (non-hydrogen) atoms. The Kier molecular flexibility index (Phi) is 2.89. The lowest BCUT2D eigenvalue weighted by Gasteiger charge is -2.04. The second-order valence-corrected chi connectivity index (χ2v) is 2.89. The van der Waals surface area contributed by atoms with Gasteiger partial charge >= 0.3 is 0 Å². The Bertz CT molecular complexity index is 397. The molecule has 0 amide bonds. The molecule has 1 heterocycles. The minimum absolute atomic E-state index is 0.509. The van der Waals surface area contributed by atoms with Gasteiger partial charge in [0.15, 0.2) is 0 Å². The lowest BCUT2D eigenvalue weighted by atomic mass is 10.3. The van der Waals surface area contributed by atoms with Gasteiger partial charge in [0.1, 0.15) is 18.7 Å². The van der Waals surface area contributed by atoms with Gasteiger partial charge in [0.05, 0.1) is 5.69 Å². The Morgan fingerprint density at radius 3 is 2.67 bits per heavy atom. The molecule has 0 fully saturated rings. The van der Waals surface area contributed by atoms with Crippen molar-refractivity contribution >= 4 is 0 Å². The summed E-state index contributed by atoms with van der Waals surface area (Å²) in [6, 6.07) is 7.46. The highest BCUT2D eigenvalue weighted by Gasteiger charge is 1.98. The van der Waals surface area contributed by atoms with E-state index in [0.717, 1.165) is 11.4 Å². The van der Waals surface area contributed by atoms with Crippen LogP contribution in [0.25, 0.3) is 5.69 Å². The molecule has 78 valence electrons. The summed E-state index contributed by atoms with van der Waals surface area (Å²) < 4.78 is 6.92. The average molecular weight is 205 g/mol. The number of ether oxygens (including phenoxy) is 1. The molecule has 0 saturated heterocycles. The summed E-state index contributed by atoms with van der Waals surface area (Å²) in [5.74, 6) is 0.789. The van der Waals surface area contributed by atoms with E-state index in [-0.39, 0.29) is 0 Å². The van der Waals surface area contributed by atoms with Crippen molar-refractivity contribution in [3.8, 4) is 11.4 Å². The van der Waals surface area contributed by atoms with Crippen LogP contribution < -0.4 is 10.5 Å². The Labute approximate surface area is 86.7 Å². The van der Waals surface area contributed by atoms with Gasteiger partial charge in [0, 0.05) is 6.54 Å². The summed E-state index contributed by atoms with van der Waals surface area (Å²) in [6.45, 7) is 1.03. The van der Waals surface area contributed by atoms with Crippen LogP contribution in [0.15, 0.2) is 30.6 Å². The first kappa shape index (κ1) is 9.60. The van der Waals surface area contributed by atoms with Crippen molar-refractivity contribution in [2.24, 2.45) is 5.73 Å². The summed E-state index contributed by atoms with van der Waals surface area (Å²) in [5.41, 5.74) is 6.22. The van der Waals surface area contributed by atoms with Crippen LogP contribution in [0.3, 0.4) is 0 Å². The first-order valence-electron chi connectivity index (χ1n) is 4.56. The van der Waals surface area contributed by atoms with Crippen LogP contribution in [-0.4, -0.2) is 33.4 Å². The van der Waals surface area contributed by atoms with E-state index in [1.54, 1.807) is 4.68 Å². The molecule has 1 aromatic heterocycles. The van der Waals surface area contributed by atoms with Crippen molar-refractivity contribution in [1.29, 1.82) is 0 Å². The standard InChI is InChI=1S/C9H11N5O/c10-5-6-15-9-3-1-8(2-4-9)14-7-11-12-13-14/h1-4,7H,5-6,10H2. The summed E-state index contributed by atoms with van der Waals surface area (Å²) in [7, 11) is 0. The van der Waals surface area contributed by atoms with Gasteiger partial charge in [0.25, 0.3) is 0 Å². The number of nitrogens with zero attached hydrogens (tertiary/aromatic N) is 4. The maximum absolute atomic E-state index is 5.34. The van der Waals surface area contributed by atoms with E-state index in [4.69, 9.17) is 10.5 Å². The zero-order valence-electron chi connectivity index (χ0n) is 8.08. The molecule has 0 aliphatic carbocycles. The minimum atomic E-state index is 0.509. The molecular formula is C9H11N5O. The van der Waals surface area contributed by atoms with Gasteiger partial charge in [-0.05, 0) is 34.7 Å². The van der Waals surface area contributed by atoms with Gasteiger partial charge in [-0.2, -0.15) is 0 Å². The third-order valence-electron chi connectivity index (χ3n) is 1.84. The minimum Gasteiger partial charge on any atom is -0.492 e. The molecule has 0 radical (unpaired) electrons. The molecule has 2 rings (SSSR count). The van der Waals surface area contributed by atoms with E-state index in [2.05, 4.69) is 15.5 Å². The van der Waals surface area contributed by atoms with Crippen LogP contribution in [0.2, 0.25) is 0 Å². The zero-order chi connectivity index (χ0) is 10.5. The largest absolute Gasteiger partial charge is 0.492 e. The predicted molar refractivity (Wildman–Crippen MR) is 53.7 cm³/mol. The molecule has 0 bridgehead atoms. The van der Waals surface area contributed by atoms with Crippen molar-refractivity contribution < 1.29 is 4.74 Å². The number of benzene rings is 1. The highest BCUT2D eigenvalue weighted by molar-refractivity contribution is 5.36. The molecular weight excluding hydrogens is 194 g/mol. The van der Waals surface area contributed by atoms with E-state index in [1.165, 1.54) is 6.33 Å². The molecule has 2 N–H and O–H groups in total. The topological polar surface area (TPSA) is 78.9 Å². The first-order chi connectivity index (χ1) is 7.40. The molecule has 0 unspecified atom stereocenters. The Balaban J connectivity index is 2.11. The fourth-order valence-corrected chi connectivity index (χ4v) is 1.15. The summed E-state index contributed by atoms with van der Waals surface area (Å²) in [4.78, 5) is 0. The molecule has 2 aromatic rings. The van der Waals surface area contributed by atoms with E-state index in [1.807, 2.05) is 24.3 Å². The molecule has 0 aliphatic rings. The Morgan fingerprint density at radius 1 is 1.27 bits per heavy atom. The predicted octanol–water partition coefficient (Wildman–Crippen LogP) is -0.000200. The number of hydrogen-bond donors (Lipinski definition) is 1. The number of nitrogens with two attached hydrogens (primary N) is 1. The van der Waals surface area contributed by atoms with Crippen molar-refractivity contribution in [3.63, 3.8) is 0 Å². The molecule has 0 saturated carbocycles. The van der Waals surface area contributed by atoms with E-state index < -0.39 is 0 Å². The van der Waals surface area contributed by atoms with Gasteiger partial charge in [-0.15, -0.1) is 5.10 Å². The highest BCUT2D eigenvalue weighted by atomic mass is 16.5. The first-order valence-corrected chi connectivity index (χ1v) is 4.56. The SMILES string of the molecule is NCCOc1ccc(-n2cnnn2)cc1. The maximum Gasteiger partial charge on any atom is 0.143 e. The summed E-state index contributed by atoms with van der Waals surface area (Å²) >= 11 is 0. The Hall–Kier alpha value is -1.95. The number of tetrazole rings is 1. The van der Waals surface area contributed by atoms with Crippen molar-refractivity contribution in [2.75, 3.05) is 13.2 Å². The van der Waals surface area contributed by atoms with Crippen LogP contribution in [0.4, 0.5) is 0 Å². The van der Waals surface area contributed by atoms with E-state index in [9.17, 15) is 0 Å². The van der Waals surface area contributed by atoms with Crippen LogP contribution in [0.1, 0.15) is 0 Å². The third-order valence-corrected chi connectivity index (χ3v) is 1.84. The molecule has 0 atom stereocenters. The average Bonchev–Trinajstić information content (AvgIpc) is 2.80. The van der Waals surface area contributed by atoms with Gasteiger partial charge in [-0.25, -0.2) is 4.68 Å². The quantitative estimate of drug-likeness (QED) is 0.760. The molecule has 6 heteroatoms. The number of rotatable bonds is 4. The molecule has 6 nitrogen and oxygen atoms in total. The van der Waals surface area contributed by atoms with E-state index in [0.29, 0.717) is 13.2 Å². The van der Waals surface area contributed by atoms with Gasteiger partial charge in [0.2, 0.25) is 0 Å². The monoisotopic (exact) mass is 205 g/mol. The van der Waals surface area contributed by atoms with Crippen LogP contribution in [0.5, 0.6) is 5.75 Å². The lowest BCUT2D eigenvalue weighted by molar-refractivity contribution is 0.328. The molecule has 1 aromatic carbocycles. The van der Waals surface area contributed by atoms with E-state index >= 15 is 0 Å². The van der Waals surface area contributed by atoms with Gasteiger partial charge in [-0.3, -0.25) is 0 Å². The molecule has 0 aliphatic heterocycles. The zero-order valence-corrected chi connectivity index (χ0v) is 8.08. The van der Waals surface area contributed by atoms with Crippen LogP contribution in [-0.2, 0) is 0 Å². The van der Waals surface area contributed by atoms with Crippen molar-refractivity contribution in [2.45, 2.75) is 0 Å². The van der Waals surface area contributed by atoms with Gasteiger partial charge < -0.3 is 10.5 Å². The second kappa shape index (κ2) is 4.52. The van der Waals surface area contributed by atoms with Crippen LogP contribution in [0, 0.1) is 0 Å². The highest BCUT2D eigenvalue weighted by Crippen LogP contribution is 2.13. The van der Waals surface area contributed by atoms with Crippen LogP contribution >= 0.6 is 0 Å². The second-order valence-electron chi connectivity index (χ2n) is 2.89. The van der Waals surface area contributed by atoms with Gasteiger partial charge in [-0.1, -0.05) is 0 Å². The third kappa shape index (κ3) is 2.29. The fourth-order valence-electron chi connectivity index (χ4n) is 1.15. The normalized spacial score (nSPS) is 10.2.